The third-order valence-electron chi connectivity index (χ3n) is 3.43. The van der Waals surface area contributed by atoms with Crippen LogP contribution in [0.2, 0.25) is 0 Å². The van der Waals surface area contributed by atoms with Gasteiger partial charge in [-0.05, 0) is 66.5 Å². The maximum atomic E-state index is 12.3. The van der Waals surface area contributed by atoms with E-state index in [-0.39, 0.29) is 11.9 Å². The van der Waals surface area contributed by atoms with Crippen LogP contribution in [0.1, 0.15) is 42.5 Å². The van der Waals surface area contributed by atoms with E-state index in [0.717, 1.165) is 29.4 Å². The summed E-state index contributed by atoms with van der Waals surface area (Å²) in [7, 11) is 1.60. The van der Waals surface area contributed by atoms with E-state index >= 15 is 0 Å². The summed E-state index contributed by atoms with van der Waals surface area (Å²) in [6.45, 7) is 0.839. The quantitative estimate of drug-likeness (QED) is 0.581. The van der Waals surface area contributed by atoms with Crippen molar-refractivity contribution in [2.45, 2.75) is 38.2 Å². The fourth-order valence-corrected chi connectivity index (χ4v) is 2.85. The fourth-order valence-electron chi connectivity index (χ4n) is 2.36. The Morgan fingerprint density at radius 3 is 3.00 bits per heavy atom. The van der Waals surface area contributed by atoms with E-state index in [0.29, 0.717) is 17.7 Å². The second-order valence-electron chi connectivity index (χ2n) is 4.80. The molecule has 1 aromatic rings. The van der Waals surface area contributed by atoms with Gasteiger partial charge >= 0.3 is 0 Å². The fraction of sp³-hybridized carbons (Fsp3) is 0.533. The molecule has 1 fully saturated rings. The molecule has 4 heteroatoms. The van der Waals surface area contributed by atoms with Crippen LogP contribution in [0.5, 0.6) is 5.75 Å². The number of benzene rings is 1. The Kier molecular flexibility index (Phi) is 5.63. The lowest BCUT2D eigenvalue weighted by molar-refractivity contribution is 0.0104. The first-order valence-electron chi connectivity index (χ1n) is 6.69. The van der Waals surface area contributed by atoms with E-state index in [9.17, 15) is 4.79 Å². The van der Waals surface area contributed by atoms with Crippen LogP contribution in [0.15, 0.2) is 18.2 Å². The monoisotopic (exact) mass is 374 g/mol. The largest absolute Gasteiger partial charge is 0.496 e. The summed E-state index contributed by atoms with van der Waals surface area (Å²) in [6.07, 6.45) is 5.04. The lowest BCUT2D eigenvalue weighted by Crippen LogP contribution is -2.20. The Labute approximate surface area is 127 Å². The molecule has 19 heavy (non-hydrogen) atoms. The highest BCUT2D eigenvalue weighted by atomic mass is 127. The number of Topliss-reactive ketones (excluding diaryl/α,β-unsaturated/α-hetero) is 1. The number of ether oxygens (including phenoxy) is 2. The lowest BCUT2D eigenvalue weighted by Gasteiger charge is -2.22. The van der Waals surface area contributed by atoms with Crippen LogP contribution in [0.4, 0.5) is 0 Å². The summed E-state index contributed by atoms with van der Waals surface area (Å²) >= 11 is 2.21. The Morgan fingerprint density at radius 2 is 2.32 bits per heavy atom. The van der Waals surface area contributed by atoms with Crippen molar-refractivity contribution in [1.82, 2.24) is 0 Å². The predicted molar refractivity (Wildman–Crippen MR) is 82.9 cm³/mol. The van der Waals surface area contributed by atoms with Gasteiger partial charge in [0.15, 0.2) is 5.78 Å². The van der Waals surface area contributed by atoms with Crippen LogP contribution in [-0.4, -0.2) is 25.6 Å². The molecule has 0 bridgehead atoms. The van der Waals surface area contributed by atoms with Crippen molar-refractivity contribution in [3.05, 3.63) is 27.3 Å². The molecule has 0 radical (unpaired) electrons. The molecule has 1 heterocycles. The molecule has 1 aliphatic heterocycles. The zero-order chi connectivity index (χ0) is 13.7. The van der Waals surface area contributed by atoms with Gasteiger partial charge in [-0.1, -0.05) is 0 Å². The number of ketones is 1. The van der Waals surface area contributed by atoms with E-state index in [1.807, 2.05) is 18.2 Å². The molecule has 0 saturated carbocycles. The van der Waals surface area contributed by atoms with Gasteiger partial charge in [0, 0.05) is 16.6 Å². The van der Waals surface area contributed by atoms with Crippen LogP contribution in [0.25, 0.3) is 0 Å². The summed E-state index contributed by atoms with van der Waals surface area (Å²) in [5.74, 6) is 0.805. The van der Waals surface area contributed by atoms with Crippen molar-refractivity contribution in [3.63, 3.8) is 0 Å². The van der Waals surface area contributed by atoms with Gasteiger partial charge in [-0.15, -0.1) is 0 Å². The van der Waals surface area contributed by atoms with Gasteiger partial charge in [0.25, 0.3) is 0 Å². The molecule has 0 aromatic heterocycles. The highest BCUT2D eigenvalue weighted by Crippen LogP contribution is 2.24. The maximum absolute atomic E-state index is 12.3. The van der Waals surface area contributed by atoms with Crippen molar-refractivity contribution in [1.29, 1.82) is 0 Å². The number of hydrogen-bond acceptors (Lipinski definition) is 3. The smallest absolute Gasteiger partial charge is 0.166 e. The molecule has 1 saturated heterocycles. The van der Waals surface area contributed by atoms with Crippen LogP contribution in [-0.2, 0) is 4.74 Å². The molecule has 1 unspecified atom stereocenters. The second-order valence-corrected chi connectivity index (χ2v) is 6.04. The number of halogens is 1. The van der Waals surface area contributed by atoms with Crippen molar-refractivity contribution in [2.75, 3.05) is 13.7 Å². The minimum Gasteiger partial charge on any atom is -0.496 e. The minimum atomic E-state index is 0.143. The van der Waals surface area contributed by atoms with Gasteiger partial charge in [-0.2, -0.15) is 0 Å². The lowest BCUT2D eigenvalue weighted by atomic mass is 10.00. The second kappa shape index (κ2) is 7.24. The van der Waals surface area contributed by atoms with Gasteiger partial charge in [0.05, 0.1) is 18.8 Å². The van der Waals surface area contributed by atoms with Gasteiger partial charge in [0.2, 0.25) is 0 Å². The molecule has 0 amide bonds. The predicted octanol–water partition coefficient (Wildman–Crippen LogP) is 3.83. The van der Waals surface area contributed by atoms with E-state index in [1.165, 1.54) is 6.42 Å². The number of methoxy groups -OCH3 is 1. The first-order chi connectivity index (χ1) is 9.20. The zero-order valence-electron chi connectivity index (χ0n) is 11.2. The average molecular weight is 374 g/mol. The third kappa shape index (κ3) is 4.18. The number of hydrogen-bond donors (Lipinski definition) is 0. The highest BCUT2D eigenvalue weighted by Gasteiger charge is 2.18. The zero-order valence-corrected chi connectivity index (χ0v) is 13.3. The third-order valence-corrected chi connectivity index (χ3v) is 4.10. The number of rotatable bonds is 5. The van der Waals surface area contributed by atoms with Crippen molar-refractivity contribution >= 4 is 28.4 Å². The van der Waals surface area contributed by atoms with Crippen LogP contribution in [0.3, 0.4) is 0 Å². The first kappa shape index (κ1) is 14.8. The normalized spacial score (nSPS) is 19.2. The minimum absolute atomic E-state index is 0.143. The summed E-state index contributed by atoms with van der Waals surface area (Å²) in [6, 6.07) is 5.69. The van der Waals surface area contributed by atoms with Crippen molar-refractivity contribution in [2.24, 2.45) is 0 Å². The van der Waals surface area contributed by atoms with Gasteiger partial charge in [-0.3, -0.25) is 4.79 Å². The summed E-state index contributed by atoms with van der Waals surface area (Å²) in [5, 5.41) is 0. The Balaban J connectivity index is 1.97. The topological polar surface area (TPSA) is 35.5 Å². The Morgan fingerprint density at radius 1 is 1.47 bits per heavy atom. The molecule has 1 aliphatic rings. The maximum Gasteiger partial charge on any atom is 0.166 e. The molecular formula is C15H19IO3. The van der Waals surface area contributed by atoms with Gasteiger partial charge in [-0.25, -0.2) is 0 Å². The van der Waals surface area contributed by atoms with Crippen molar-refractivity contribution < 1.29 is 14.3 Å². The van der Waals surface area contributed by atoms with Crippen LogP contribution < -0.4 is 4.74 Å². The van der Waals surface area contributed by atoms with E-state index < -0.39 is 0 Å². The summed E-state index contributed by atoms with van der Waals surface area (Å²) < 4.78 is 12.0. The molecule has 1 atom stereocenters. The van der Waals surface area contributed by atoms with Crippen LogP contribution in [0, 0.1) is 3.57 Å². The molecule has 3 nitrogen and oxygen atoms in total. The standard InChI is InChI=1S/C15H19IO3/c1-18-15-8-5-11(16)10-13(15)14(17)7-6-12-4-2-3-9-19-12/h5,8,10,12H,2-4,6-7,9H2,1H3. The Hall–Kier alpha value is -0.620. The Bertz CT molecular complexity index is 439. The molecule has 0 spiro atoms. The molecule has 2 rings (SSSR count). The first-order valence-corrected chi connectivity index (χ1v) is 7.77. The van der Waals surface area contributed by atoms with E-state index in [2.05, 4.69) is 22.6 Å². The SMILES string of the molecule is COc1ccc(I)cc1C(=O)CCC1CCCCO1. The highest BCUT2D eigenvalue weighted by molar-refractivity contribution is 14.1. The van der Waals surface area contributed by atoms with Crippen LogP contribution >= 0.6 is 22.6 Å². The number of carbonyl (C=O) groups excluding carboxylic acids is 1. The van der Waals surface area contributed by atoms with Gasteiger partial charge in [0.1, 0.15) is 5.75 Å². The average Bonchev–Trinajstić information content (AvgIpc) is 2.46. The summed E-state index contributed by atoms with van der Waals surface area (Å²) in [5.41, 5.74) is 0.685. The molecule has 1 aromatic carbocycles. The van der Waals surface area contributed by atoms with E-state index in [1.54, 1.807) is 7.11 Å². The molecule has 0 N–H and O–H groups in total. The van der Waals surface area contributed by atoms with E-state index in [4.69, 9.17) is 9.47 Å². The van der Waals surface area contributed by atoms with Crippen molar-refractivity contribution in [3.8, 4) is 5.75 Å². The van der Waals surface area contributed by atoms with Gasteiger partial charge < -0.3 is 9.47 Å². The summed E-state index contributed by atoms with van der Waals surface area (Å²) in [4.78, 5) is 12.3. The molecule has 104 valence electrons. The molecular weight excluding hydrogens is 355 g/mol. The number of carbonyl (C=O) groups is 1. The molecule has 0 aliphatic carbocycles.